The van der Waals surface area contributed by atoms with Crippen molar-refractivity contribution >= 4 is 22.5 Å². The highest BCUT2D eigenvalue weighted by Crippen LogP contribution is 2.66. The molecule has 4 aromatic rings. The zero-order valence-corrected chi connectivity index (χ0v) is 22.0. The number of halogens is 4. The minimum absolute atomic E-state index is 0.0432. The van der Waals surface area contributed by atoms with E-state index >= 15 is 0 Å². The molecule has 0 saturated heterocycles. The number of Topliss-reactive ketones (excluding diaryl/α,β-unsaturated/α-hetero) is 2. The number of carbonyl (C=O) groups is 2. The SMILES string of the molecule is CCC(=O)c1c(-c2ccc(F)cc2)oc2cc(CCC(F)(F)F)c(-c3cccc(C(=O)CC45CC(C4)C5)c3)cc12. The van der Waals surface area contributed by atoms with Gasteiger partial charge in [0.25, 0.3) is 0 Å². The van der Waals surface area contributed by atoms with Crippen LogP contribution in [0.1, 0.15) is 71.7 Å². The van der Waals surface area contributed by atoms with Crippen LogP contribution in [0.4, 0.5) is 17.6 Å². The fourth-order valence-electron chi connectivity index (χ4n) is 6.37. The molecule has 7 heteroatoms. The average molecular weight is 549 g/mol. The summed E-state index contributed by atoms with van der Waals surface area (Å²) >= 11 is 0. The van der Waals surface area contributed by atoms with Gasteiger partial charge in [-0.05, 0) is 96.2 Å². The molecule has 206 valence electrons. The first-order valence-corrected chi connectivity index (χ1v) is 13.6. The zero-order chi connectivity index (χ0) is 28.2. The summed E-state index contributed by atoms with van der Waals surface area (Å²) in [7, 11) is 0. The maximum atomic E-state index is 13.6. The van der Waals surface area contributed by atoms with Crippen LogP contribution in [0, 0.1) is 17.2 Å². The summed E-state index contributed by atoms with van der Waals surface area (Å²) in [6, 6.07) is 15.8. The van der Waals surface area contributed by atoms with Gasteiger partial charge in [-0.15, -0.1) is 0 Å². The van der Waals surface area contributed by atoms with Crippen LogP contribution in [0.5, 0.6) is 0 Å². The fraction of sp³-hybridized carbons (Fsp3) is 0.333. The number of benzene rings is 3. The average Bonchev–Trinajstić information content (AvgIpc) is 3.26. The van der Waals surface area contributed by atoms with Crippen molar-refractivity contribution in [2.45, 2.75) is 58.0 Å². The largest absolute Gasteiger partial charge is 0.455 e. The first-order valence-electron chi connectivity index (χ1n) is 13.6. The minimum Gasteiger partial charge on any atom is -0.455 e. The van der Waals surface area contributed by atoms with Gasteiger partial charge in [0.2, 0.25) is 0 Å². The quantitative estimate of drug-likeness (QED) is 0.155. The Hall–Kier alpha value is -3.74. The molecule has 7 rings (SSSR count). The molecule has 1 heterocycles. The van der Waals surface area contributed by atoms with Crippen molar-refractivity contribution < 1.29 is 31.6 Å². The first-order chi connectivity index (χ1) is 19.0. The van der Waals surface area contributed by atoms with E-state index in [4.69, 9.17) is 4.42 Å². The lowest BCUT2D eigenvalue weighted by molar-refractivity contribution is -0.133. The van der Waals surface area contributed by atoms with Crippen LogP contribution in [0.25, 0.3) is 33.4 Å². The maximum Gasteiger partial charge on any atom is 0.389 e. The van der Waals surface area contributed by atoms with Gasteiger partial charge in [-0.2, -0.15) is 13.2 Å². The molecule has 0 spiro atoms. The Morgan fingerprint density at radius 2 is 1.68 bits per heavy atom. The van der Waals surface area contributed by atoms with Gasteiger partial charge in [-0.3, -0.25) is 9.59 Å². The van der Waals surface area contributed by atoms with Gasteiger partial charge in [0.05, 0.1) is 5.56 Å². The van der Waals surface area contributed by atoms with E-state index in [1.165, 1.54) is 24.3 Å². The molecule has 0 radical (unpaired) electrons. The third-order valence-corrected chi connectivity index (χ3v) is 8.49. The molecule has 0 amide bonds. The Bertz CT molecular complexity index is 1610. The van der Waals surface area contributed by atoms with Crippen LogP contribution in [-0.4, -0.2) is 17.7 Å². The summed E-state index contributed by atoms with van der Waals surface area (Å²) in [6.45, 7) is 1.72. The Labute approximate surface area is 229 Å². The topological polar surface area (TPSA) is 47.3 Å². The number of hydrogen-bond donors (Lipinski definition) is 0. The number of furan rings is 1. The van der Waals surface area contributed by atoms with Crippen LogP contribution in [0.3, 0.4) is 0 Å². The second kappa shape index (κ2) is 9.72. The van der Waals surface area contributed by atoms with Crippen molar-refractivity contribution in [3.63, 3.8) is 0 Å². The summed E-state index contributed by atoms with van der Waals surface area (Å²) in [5.41, 5.74) is 3.30. The molecular formula is C33H28F4O3. The highest BCUT2D eigenvalue weighted by atomic mass is 19.4. The van der Waals surface area contributed by atoms with Crippen molar-refractivity contribution in [1.82, 2.24) is 0 Å². The number of aryl methyl sites for hydroxylation is 1. The molecule has 3 aliphatic rings. The molecule has 3 aliphatic carbocycles. The first kappa shape index (κ1) is 26.5. The molecule has 0 atom stereocenters. The molecule has 1 aromatic heterocycles. The molecule has 40 heavy (non-hydrogen) atoms. The standard InChI is InChI=1S/C33H28F4O3/c1-2-27(38)30-26-14-25(21-4-3-5-23(12-21)28(39)18-32-15-19(16-32)17-32)22(10-11-33(35,36)37)13-29(26)40-31(30)20-6-8-24(34)9-7-20/h3-9,12-14,19H,2,10-11,15-18H2,1H3. The Morgan fingerprint density at radius 1 is 0.950 bits per heavy atom. The summed E-state index contributed by atoms with van der Waals surface area (Å²) in [6.07, 6.45) is -1.71. The van der Waals surface area contributed by atoms with Crippen molar-refractivity contribution in [3.8, 4) is 22.5 Å². The van der Waals surface area contributed by atoms with Crippen LogP contribution >= 0.6 is 0 Å². The molecule has 0 unspecified atom stereocenters. The van der Waals surface area contributed by atoms with Crippen LogP contribution in [-0.2, 0) is 6.42 Å². The van der Waals surface area contributed by atoms with Gasteiger partial charge in [0.1, 0.15) is 17.2 Å². The monoisotopic (exact) mass is 548 g/mol. The van der Waals surface area contributed by atoms with Gasteiger partial charge in [0, 0.05) is 35.8 Å². The van der Waals surface area contributed by atoms with Crippen molar-refractivity contribution in [3.05, 3.63) is 83.2 Å². The lowest BCUT2D eigenvalue weighted by Gasteiger charge is -2.62. The third-order valence-electron chi connectivity index (χ3n) is 8.49. The van der Waals surface area contributed by atoms with Crippen molar-refractivity contribution in [2.75, 3.05) is 0 Å². The lowest BCUT2D eigenvalue weighted by atomic mass is 9.43. The molecule has 3 saturated carbocycles. The lowest BCUT2D eigenvalue weighted by Crippen LogP contribution is -2.52. The van der Waals surface area contributed by atoms with Crippen LogP contribution < -0.4 is 0 Å². The van der Waals surface area contributed by atoms with E-state index in [9.17, 15) is 27.2 Å². The van der Waals surface area contributed by atoms with E-state index in [0.717, 1.165) is 25.2 Å². The highest BCUT2D eigenvalue weighted by Gasteiger charge is 2.56. The van der Waals surface area contributed by atoms with E-state index in [0.29, 0.717) is 45.2 Å². The Kier molecular flexibility index (Phi) is 6.43. The molecule has 3 nitrogen and oxygen atoms in total. The Morgan fingerprint density at radius 3 is 2.30 bits per heavy atom. The summed E-state index contributed by atoms with van der Waals surface area (Å²) in [5.74, 6) is 0.416. The van der Waals surface area contributed by atoms with E-state index in [2.05, 4.69) is 0 Å². The van der Waals surface area contributed by atoms with Gasteiger partial charge in [-0.1, -0.05) is 25.1 Å². The number of carbonyl (C=O) groups excluding carboxylic acids is 2. The van der Waals surface area contributed by atoms with E-state index < -0.39 is 18.4 Å². The van der Waals surface area contributed by atoms with E-state index in [-0.39, 0.29) is 41.2 Å². The molecule has 3 aromatic carbocycles. The molecule has 0 N–H and O–H groups in total. The molecule has 0 aliphatic heterocycles. The number of alkyl halides is 3. The second-order valence-corrected chi connectivity index (χ2v) is 11.4. The number of hydrogen-bond acceptors (Lipinski definition) is 3. The van der Waals surface area contributed by atoms with E-state index in [1.807, 2.05) is 0 Å². The highest BCUT2D eigenvalue weighted by molar-refractivity contribution is 6.13. The predicted octanol–water partition coefficient (Wildman–Crippen LogP) is 9.37. The van der Waals surface area contributed by atoms with Crippen molar-refractivity contribution in [1.29, 1.82) is 0 Å². The summed E-state index contributed by atoms with van der Waals surface area (Å²) in [5, 5.41) is 0.475. The van der Waals surface area contributed by atoms with Gasteiger partial charge >= 0.3 is 6.18 Å². The fourth-order valence-corrected chi connectivity index (χ4v) is 6.37. The molecule has 2 bridgehead atoms. The summed E-state index contributed by atoms with van der Waals surface area (Å²) < 4.78 is 59.5. The van der Waals surface area contributed by atoms with Crippen LogP contribution in [0.2, 0.25) is 0 Å². The van der Waals surface area contributed by atoms with Crippen LogP contribution in [0.15, 0.2) is 65.1 Å². The van der Waals surface area contributed by atoms with Gasteiger partial charge < -0.3 is 4.42 Å². The maximum absolute atomic E-state index is 13.6. The number of rotatable bonds is 9. The second-order valence-electron chi connectivity index (χ2n) is 11.4. The third kappa shape index (κ3) is 4.87. The zero-order valence-electron chi connectivity index (χ0n) is 22.0. The minimum atomic E-state index is -4.36. The summed E-state index contributed by atoms with van der Waals surface area (Å²) in [4.78, 5) is 26.3. The Balaban J connectivity index is 1.47. The van der Waals surface area contributed by atoms with Crippen molar-refractivity contribution in [2.24, 2.45) is 11.3 Å². The normalized spacial score (nSPS) is 19.8. The van der Waals surface area contributed by atoms with Gasteiger partial charge in [-0.25, -0.2) is 4.39 Å². The molecule has 3 fully saturated rings. The number of ketones is 2. The number of fused-ring (bicyclic) bond motifs is 1. The molecular weight excluding hydrogens is 520 g/mol. The smallest absolute Gasteiger partial charge is 0.389 e. The van der Waals surface area contributed by atoms with Gasteiger partial charge in [0.15, 0.2) is 11.6 Å². The predicted molar refractivity (Wildman–Crippen MR) is 145 cm³/mol. The van der Waals surface area contributed by atoms with E-state index in [1.54, 1.807) is 43.3 Å².